The van der Waals surface area contributed by atoms with Gasteiger partial charge >= 0.3 is 12.4 Å². The zero-order chi connectivity index (χ0) is 19.5. The van der Waals surface area contributed by atoms with Gasteiger partial charge in [-0.25, -0.2) is 0 Å². The van der Waals surface area contributed by atoms with Crippen LogP contribution >= 0.6 is 21.6 Å². The Morgan fingerprint density at radius 3 is 1.08 bits per heavy atom. The van der Waals surface area contributed by atoms with E-state index in [9.17, 15) is 26.3 Å². The summed E-state index contributed by atoms with van der Waals surface area (Å²) in [5.41, 5.74) is 0.384. The van der Waals surface area contributed by atoms with E-state index in [2.05, 4.69) is 0 Å². The van der Waals surface area contributed by atoms with Crippen LogP contribution in [0.15, 0.2) is 58.3 Å². The molecule has 0 aliphatic heterocycles. The molecule has 2 atom stereocenters. The van der Waals surface area contributed by atoms with Gasteiger partial charge in [0.25, 0.3) is 0 Å². The zero-order valence-electron chi connectivity index (χ0n) is 13.9. The van der Waals surface area contributed by atoms with Crippen LogP contribution < -0.4 is 0 Å². The van der Waals surface area contributed by atoms with Crippen molar-refractivity contribution < 1.29 is 26.3 Å². The summed E-state index contributed by atoms with van der Waals surface area (Å²) in [6.07, 6.45) is -8.56. The first-order valence-electron chi connectivity index (χ1n) is 7.66. The predicted molar refractivity (Wildman–Crippen MR) is 93.5 cm³/mol. The summed E-state index contributed by atoms with van der Waals surface area (Å²) in [5.74, 6) is -3.06. The van der Waals surface area contributed by atoms with Crippen molar-refractivity contribution >= 4 is 21.6 Å². The van der Waals surface area contributed by atoms with E-state index in [1.807, 2.05) is 0 Å². The van der Waals surface area contributed by atoms with Gasteiger partial charge in [0.2, 0.25) is 0 Å². The van der Waals surface area contributed by atoms with Crippen LogP contribution in [-0.2, 0) is 0 Å². The molecule has 2 rings (SSSR count). The first kappa shape index (κ1) is 21.0. The average Bonchev–Trinajstić information content (AvgIpc) is 2.58. The van der Waals surface area contributed by atoms with Gasteiger partial charge in [0, 0.05) is 9.79 Å². The quantitative estimate of drug-likeness (QED) is 0.364. The smallest absolute Gasteiger partial charge is 0.170 e. The van der Waals surface area contributed by atoms with Gasteiger partial charge < -0.3 is 0 Å². The normalized spacial score (nSPS) is 14.9. The number of rotatable bonds is 5. The van der Waals surface area contributed by atoms with E-state index < -0.39 is 24.2 Å². The van der Waals surface area contributed by atoms with Crippen LogP contribution in [0.25, 0.3) is 0 Å². The molecule has 0 N–H and O–H groups in total. The second-order valence-electron chi connectivity index (χ2n) is 5.83. The SMILES string of the molecule is CC(c1ccc(SSc2ccc(C(C)C(F)(F)F)cc2)cc1)C(F)(F)F. The Kier molecular flexibility index (Phi) is 6.60. The highest BCUT2D eigenvalue weighted by atomic mass is 33.1. The maximum Gasteiger partial charge on any atom is 0.395 e. The fraction of sp³-hybridized carbons (Fsp3) is 0.333. The molecule has 8 heteroatoms. The van der Waals surface area contributed by atoms with Crippen molar-refractivity contribution in [1.29, 1.82) is 0 Å². The second kappa shape index (κ2) is 8.17. The lowest BCUT2D eigenvalue weighted by Crippen LogP contribution is -2.17. The summed E-state index contributed by atoms with van der Waals surface area (Å²) in [7, 11) is 2.67. The maximum absolute atomic E-state index is 12.7. The summed E-state index contributed by atoms with van der Waals surface area (Å²) in [6, 6.07) is 12.2. The highest BCUT2D eigenvalue weighted by molar-refractivity contribution is 8.76. The largest absolute Gasteiger partial charge is 0.395 e. The molecule has 2 unspecified atom stereocenters. The van der Waals surface area contributed by atoms with Crippen LogP contribution in [0, 0.1) is 0 Å². The Hall–Kier alpha value is -1.28. The summed E-state index contributed by atoms with van der Waals surface area (Å²) < 4.78 is 76.1. The molecule has 0 radical (unpaired) electrons. The molecular weight excluding hydrogens is 394 g/mol. The van der Waals surface area contributed by atoms with Gasteiger partial charge in [0.15, 0.2) is 0 Å². The number of halogens is 6. The molecule has 26 heavy (non-hydrogen) atoms. The maximum atomic E-state index is 12.7. The van der Waals surface area contributed by atoms with Gasteiger partial charge in [-0.05, 0) is 49.2 Å². The highest BCUT2D eigenvalue weighted by Gasteiger charge is 2.37. The van der Waals surface area contributed by atoms with Gasteiger partial charge in [-0.15, -0.1) is 0 Å². The molecule has 0 aromatic heterocycles. The minimum Gasteiger partial charge on any atom is -0.170 e. The molecule has 0 heterocycles. The Labute approximate surface area is 155 Å². The fourth-order valence-electron chi connectivity index (χ4n) is 2.10. The Morgan fingerprint density at radius 1 is 0.577 bits per heavy atom. The van der Waals surface area contributed by atoms with Gasteiger partial charge in [-0.2, -0.15) is 26.3 Å². The van der Waals surface area contributed by atoms with Gasteiger partial charge in [0.1, 0.15) is 0 Å². The lowest BCUT2D eigenvalue weighted by molar-refractivity contribution is -0.147. The lowest BCUT2D eigenvalue weighted by Gasteiger charge is -2.16. The Morgan fingerprint density at radius 2 is 0.846 bits per heavy atom. The summed E-state index contributed by atoms with van der Waals surface area (Å²) in [6.45, 7) is 2.22. The number of hydrogen-bond donors (Lipinski definition) is 0. The van der Waals surface area contributed by atoms with Gasteiger partial charge in [-0.1, -0.05) is 45.9 Å². The minimum absolute atomic E-state index is 0.192. The van der Waals surface area contributed by atoms with Gasteiger partial charge in [-0.3, -0.25) is 0 Å². The third-order valence-corrected chi connectivity index (χ3v) is 6.39. The van der Waals surface area contributed by atoms with Crippen LogP contribution in [0.2, 0.25) is 0 Å². The summed E-state index contributed by atoms with van der Waals surface area (Å²) in [4.78, 5) is 1.53. The van der Waals surface area contributed by atoms with E-state index in [-0.39, 0.29) is 11.1 Å². The van der Waals surface area contributed by atoms with E-state index in [1.54, 1.807) is 24.3 Å². The number of hydrogen-bond acceptors (Lipinski definition) is 2. The van der Waals surface area contributed by atoms with Crippen molar-refractivity contribution in [3.05, 3.63) is 59.7 Å². The molecule has 0 saturated heterocycles. The molecule has 0 aliphatic carbocycles. The van der Waals surface area contributed by atoms with Crippen LogP contribution in [0.1, 0.15) is 36.8 Å². The van der Waals surface area contributed by atoms with Crippen molar-refractivity contribution in [3.63, 3.8) is 0 Å². The molecule has 0 nitrogen and oxygen atoms in total. The number of benzene rings is 2. The topological polar surface area (TPSA) is 0 Å². The predicted octanol–water partition coefficient (Wildman–Crippen LogP) is 7.82. The molecule has 0 amide bonds. The van der Waals surface area contributed by atoms with E-state index in [1.165, 1.54) is 45.9 Å². The Bertz CT molecular complexity index is 641. The summed E-state index contributed by atoms with van der Waals surface area (Å²) in [5, 5.41) is 0. The molecule has 0 saturated carbocycles. The van der Waals surface area contributed by atoms with Crippen molar-refractivity contribution in [1.82, 2.24) is 0 Å². The molecule has 0 fully saturated rings. The molecule has 0 spiro atoms. The van der Waals surface area contributed by atoms with Crippen molar-refractivity contribution in [2.45, 2.75) is 47.8 Å². The molecule has 2 aromatic rings. The molecule has 2 aromatic carbocycles. The van der Waals surface area contributed by atoms with Crippen molar-refractivity contribution in [2.24, 2.45) is 0 Å². The van der Waals surface area contributed by atoms with Crippen LogP contribution in [0.3, 0.4) is 0 Å². The third-order valence-electron chi connectivity index (χ3n) is 3.98. The molecular formula is C18H16F6S2. The number of alkyl halides is 6. The monoisotopic (exact) mass is 410 g/mol. The summed E-state index contributed by atoms with van der Waals surface area (Å²) >= 11 is 0. The lowest BCUT2D eigenvalue weighted by atomic mass is 10.0. The van der Waals surface area contributed by atoms with E-state index >= 15 is 0 Å². The fourth-order valence-corrected chi connectivity index (χ4v) is 4.03. The minimum atomic E-state index is -4.28. The first-order valence-corrected chi connectivity index (χ1v) is 9.81. The first-order chi connectivity index (χ1) is 12.0. The third kappa shape index (κ3) is 5.61. The van der Waals surface area contributed by atoms with Crippen LogP contribution in [-0.4, -0.2) is 12.4 Å². The van der Waals surface area contributed by atoms with Gasteiger partial charge in [0.05, 0.1) is 11.8 Å². The van der Waals surface area contributed by atoms with Crippen molar-refractivity contribution in [3.8, 4) is 0 Å². The van der Waals surface area contributed by atoms with Crippen LogP contribution in [0.5, 0.6) is 0 Å². The van der Waals surface area contributed by atoms with Crippen molar-refractivity contribution in [2.75, 3.05) is 0 Å². The molecule has 0 bridgehead atoms. The second-order valence-corrected chi connectivity index (χ2v) is 8.11. The molecule has 142 valence electrons. The standard InChI is InChI=1S/C18H16F6S2/c1-11(17(19,20)21)13-3-7-15(8-4-13)25-26-16-9-5-14(6-10-16)12(2)18(22,23)24/h3-12H,1-2H3. The van der Waals surface area contributed by atoms with E-state index in [4.69, 9.17) is 0 Å². The highest BCUT2D eigenvalue weighted by Crippen LogP contribution is 2.40. The average molecular weight is 410 g/mol. The molecule has 0 aliphatic rings. The zero-order valence-corrected chi connectivity index (χ0v) is 15.5. The Balaban J connectivity index is 1.97. The van der Waals surface area contributed by atoms with E-state index in [0.29, 0.717) is 0 Å². The van der Waals surface area contributed by atoms with Crippen LogP contribution in [0.4, 0.5) is 26.3 Å². The van der Waals surface area contributed by atoms with E-state index in [0.717, 1.165) is 23.6 Å².